The van der Waals surface area contributed by atoms with Crippen molar-refractivity contribution in [1.29, 1.82) is 0 Å². The van der Waals surface area contributed by atoms with E-state index in [9.17, 15) is 4.79 Å². The number of halogens is 1. The van der Waals surface area contributed by atoms with Gasteiger partial charge in [0.15, 0.2) is 0 Å². The second-order valence-electron chi connectivity index (χ2n) is 10.4. The number of fused-ring (bicyclic) bond motifs is 3. The van der Waals surface area contributed by atoms with Crippen molar-refractivity contribution in [3.63, 3.8) is 0 Å². The SMILES string of the molecule is CC(C)CCN1CCOCCOc2ccc(C(=O)NCCc3ccc(Cl)cc3)cc2Cc2cccc(c2)C1. The van der Waals surface area contributed by atoms with Crippen molar-refractivity contribution in [2.24, 2.45) is 5.92 Å². The zero-order chi connectivity index (χ0) is 26.7. The highest BCUT2D eigenvalue weighted by Gasteiger charge is 2.14. The fourth-order valence-electron chi connectivity index (χ4n) is 4.61. The van der Waals surface area contributed by atoms with Crippen LogP contribution in [0.1, 0.15) is 52.9 Å². The highest BCUT2D eigenvalue weighted by atomic mass is 35.5. The minimum atomic E-state index is -0.0842. The van der Waals surface area contributed by atoms with Crippen LogP contribution in [0.2, 0.25) is 5.02 Å². The monoisotopic (exact) mass is 534 g/mol. The van der Waals surface area contributed by atoms with E-state index in [1.54, 1.807) is 0 Å². The summed E-state index contributed by atoms with van der Waals surface area (Å²) in [7, 11) is 0. The molecule has 202 valence electrons. The van der Waals surface area contributed by atoms with Gasteiger partial charge in [0.1, 0.15) is 12.4 Å². The maximum Gasteiger partial charge on any atom is 0.251 e. The lowest BCUT2D eigenvalue weighted by atomic mass is 9.99. The summed E-state index contributed by atoms with van der Waals surface area (Å²) in [4.78, 5) is 15.4. The van der Waals surface area contributed by atoms with Crippen molar-refractivity contribution in [2.45, 2.75) is 39.7 Å². The number of nitrogens with zero attached hydrogens (tertiary/aromatic N) is 1. The van der Waals surface area contributed by atoms with E-state index in [0.29, 0.717) is 49.3 Å². The molecule has 0 saturated carbocycles. The van der Waals surface area contributed by atoms with Crippen LogP contribution in [0.5, 0.6) is 5.75 Å². The Bertz CT molecular complexity index is 1180. The molecule has 6 heteroatoms. The number of rotatable bonds is 7. The molecule has 2 bridgehead atoms. The quantitative estimate of drug-likeness (QED) is 0.394. The highest BCUT2D eigenvalue weighted by molar-refractivity contribution is 6.30. The molecule has 4 rings (SSSR count). The van der Waals surface area contributed by atoms with E-state index in [-0.39, 0.29) is 5.91 Å². The van der Waals surface area contributed by atoms with Crippen molar-refractivity contribution >= 4 is 17.5 Å². The molecule has 1 aliphatic heterocycles. The van der Waals surface area contributed by atoms with E-state index in [1.807, 2.05) is 42.5 Å². The smallest absolute Gasteiger partial charge is 0.251 e. The number of amides is 1. The van der Waals surface area contributed by atoms with Gasteiger partial charge in [-0.1, -0.05) is 61.8 Å². The van der Waals surface area contributed by atoms with Crippen LogP contribution < -0.4 is 10.1 Å². The fraction of sp³-hybridized carbons (Fsp3) is 0.406. The molecule has 0 aliphatic carbocycles. The van der Waals surface area contributed by atoms with Gasteiger partial charge in [0.05, 0.1) is 13.2 Å². The average molecular weight is 535 g/mol. The minimum absolute atomic E-state index is 0.0842. The van der Waals surface area contributed by atoms with Gasteiger partial charge in [-0.25, -0.2) is 0 Å². The molecule has 1 aliphatic rings. The minimum Gasteiger partial charge on any atom is -0.491 e. The molecule has 0 radical (unpaired) electrons. The molecule has 0 spiro atoms. The summed E-state index contributed by atoms with van der Waals surface area (Å²) in [5, 5.41) is 3.76. The number of hydrogen-bond acceptors (Lipinski definition) is 4. The molecule has 1 heterocycles. The molecule has 1 amide bonds. The van der Waals surface area contributed by atoms with Crippen LogP contribution in [0.3, 0.4) is 0 Å². The van der Waals surface area contributed by atoms with E-state index in [1.165, 1.54) is 17.5 Å². The summed E-state index contributed by atoms with van der Waals surface area (Å²) in [5.74, 6) is 1.38. The Hall–Kier alpha value is -2.86. The van der Waals surface area contributed by atoms with E-state index in [0.717, 1.165) is 42.9 Å². The third-order valence-electron chi connectivity index (χ3n) is 6.79. The van der Waals surface area contributed by atoms with Crippen LogP contribution in [-0.2, 0) is 24.1 Å². The second-order valence-corrected chi connectivity index (χ2v) is 10.8. The molecule has 0 fully saturated rings. The lowest BCUT2D eigenvalue weighted by Crippen LogP contribution is -2.29. The second kappa shape index (κ2) is 14.3. The lowest BCUT2D eigenvalue weighted by molar-refractivity contribution is 0.0764. The number of benzene rings is 3. The summed E-state index contributed by atoms with van der Waals surface area (Å²) in [5.41, 5.74) is 5.28. The summed E-state index contributed by atoms with van der Waals surface area (Å²) < 4.78 is 12.0. The molecule has 3 aromatic rings. The first-order valence-corrected chi connectivity index (χ1v) is 14.0. The third-order valence-corrected chi connectivity index (χ3v) is 7.04. The number of carbonyl (C=O) groups is 1. The topological polar surface area (TPSA) is 50.8 Å². The largest absolute Gasteiger partial charge is 0.491 e. The Kier molecular flexibility index (Phi) is 10.6. The Morgan fingerprint density at radius 3 is 2.63 bits per heavy atom. The van der Waals surface area contributed by atoms with Gasteiger partial charge in [-0.05, 0) is 77.9 Å². The molecule has 38 heavy (non-hydrogen) atoms. The first-order chi connectivity index (χ1) is 18.5. The van der Waals surface area contributed by atoms with Crippen LogP contribution in [0.25, 0.3) is 0 Å². The maximum atomic E-state index is 13.0. The summed E-state index contributed by atoms with van der Waals surface area (Å²) in [6.45, 7) is 9.66. The van der Waals surface area contributed by atoms with Crippen LogP contribution in [0.4, 0.5) is 0 Å². The van der Waals surface area contributed by atoms with Gasteiger partial charge in [-0.15, -0.1) is 0 Å². The van der Waals surface area contributed by atoms with E-state index >= 15 is 0 Å². The fourth-order valence-corrected chi connectivity index (χ4v) is 4.73. The molecule has 1 N–H and O–H groups in total. The Balaban J connectivity index is 1.47. The van der Waals surface area contributed by atoms with Gasteiger partial charge in [0.2, 0.25) is 0 Å². The van der Waals surface area contributed by atoms with Crippen molar-refractivity contribution < 1.29 is 14.3 Å². The maximum absolute atomic E-state index is 13.0. The van der Waals surface area contributed by atoms with Gasteiger partial charge in [-0.2, -0.15) is 0 Å². The molecular weight excluding hydrogens is 496 g/mol. The summed E-state index contributed by atoms with van der Waals surface area (Å²) in [6.07, 6.45) is 2.61. The molecule has 3 aromatic carbocycles. The van der Waals surface area contributed by atoms with Crippen LogP contribution in [-0.4, -0.2) is 50.3 Å². The standard InChI is InChI=1S/C32H39ClN2O3/c1-24(2)13-15-35-16-17-37-18-19-38-31-11-8-28(22-29(31)21-26-4-3-5-27(20-26)23-35)32(36)34-14-12-25-6-9-30(33)10-7-25/h3-11,20,22,24H,12-19,21,23H2,1-2H3,(H,34,36). The Labute approximate surface area is 232 Å². The predicted octanol–water partition coefficient (Wildman–Crippen LogP) is 6.16. The van der Waals surface area contributed by atoms with Gasteiger partial charge in [-0.3, -0.25) is 9.69 Å². The number of nitrogens with one attached hydrogen (secondary N) is 1. The van der Waals surface area contributed by atoms with Gasteiger partial charge >= 0.3 is 0 Å². The normalized spacial score (nSPS) is 14.8. The first kappa shape index (κ1) is 28.2. The molecule has 0 unspecified atom stereocenters. The third kappa shape index (κ3) is 8.87. The first-order valence-electron chi connectivity index (χ1n) is 13.6. The predicted molar refractivity (Wildman–Crippen MR) is 154 cm³/mol. The van der Waals surface area contributed by atoms with Crippen molar-refractivity contribution in [3.8, 4) is 5.75 Å². The zero-order valence-electron chi connectivity index (χ0n) is 22.5. The molecule has 0 atom stereocenters. The summed E-state index contributed by atoms with van der Waals surface area (Å²) in [6, 6.07) is 22.2. The molecular formula is C32H39ClN2O3. The molecule has 0 saturated heterocycles. The van der Waals surface area contributed by atoms with Crippen LogP contribution in [0, 0.1) is 5.92 Å². The average Bonchev–Trinajstić information content (AvgIpc) is 2.90. The molecule has 5 nitrogen and oxygen atoms in total. The van der Waals surface area contributed by atoms with Gasteiger partial charge < -0.3 is 14.8 Å². The lowest BCUT2D eigenvalue weighted by Gasteiger charge is -2.24. The number of ether oxygens (including phenoxy) is 2. The summed E-state index contributed by atoms with van der Waals surface area (Å²) >= 11 is 5.97. The Morgan fingerprint density at radius 1 is 1.00 bits per heavy atom. The van der Waals surface area contributed by atoms with Crippen molar-refractivity contribution in [2.75, 3.05) is 39.5 Å². The van der Waals surface area contributed by atoms with E-state index in [2.05, 4.69) is 48.3 Å². The van der Waals surface area contributed by atoms with Crippen molar-refractivity contribution in [3.05, 3.63) is 99.6 Å². The van der Waals surface area contributed by atoms with E-state index < -0.39 is 0 Å². The Morgan fingerprint density at radius 2 is 1.82 bits per heavy atom. The number of hydrogen-bond donors (Lipinski definition) is 1. The van der Waals surface area contributed by atoms with Crippen LogP contribution >= 0.6 is 11.6 Å². The zero-order valence-corrected chi connectivity index (χ0v) is 23.3. The molecule has 0 aromatic heterocycles. The van der Waals surface area contributed by atoms with Gasteiger partial charge in [0.25, 0.3) is 5.91 Å². The van der Waals surface area contributed by atoms with Crippen LogP contribution in [0.15, 0.2) is 66.7 Å². The number of carbonyl (C=O) groups excluding carboxylic acids is 1. The van der Waals surface area contributed by atoms with Gasteiger partial charge in [0, 0.05) is 36.6 Å². The van der Waals surface area contributed by atoms with E-state index in [4.69, 9.17) is 21.1 Å². The van der Waals surface area contributed by atoms with Crippen molar-refractivity contribution in [1.82, 2.24) is 10.2 Å². The highest BCUT2D eigenvalue weighted by Crippen LogP contribution is 2.25.